The number of alkyl halides is 3. The van der Waals surface area contributed by atoms with E-state index >= 15 is 0 Å². The fourth-order valence-electron chi connectivity index (χ4n) is 3.89. The van der Waals surface area contributed by atoms with Crippen LogP contribution in [0, 0.1) is 0 Å². The number of carbonyl (C=O) groups is 1. The van der Waals surface area contributed by atoms with Crippen LogP contribution in [0.15, 0.2) is 71.6 Å². The standard InChI is InChI=1S/C28H27F3N6O3S/c1-27(2,3)17-9-7-16(8-10-17)24(39)34-22-6-4-5-20(21(22)15-38)23-35-25(32)37-26(36-23)33-18-11-13-19(14-12-18)41(40)28(29,30)31/h4-14,38H,15H2,1-3H3,(H,34,39)(H3,32,33,35,36,37). The highest BCUT2D eigenvalue weighted by Crippen LogP contribution is 2.32. The van der Waals surface area contributed by atoms with Gasteiger partial charge < -0.3 is 26.0 Å². The topological polar surface area (TPSA) is 149 Å². The molecule has 13 heteroatoms. The summed E-state index contributed by atoms with van der Waals surface area (Å²) in [7, 11) is 0. The summed E-state index contributed by atoms with van der Waals surface area (Å²) in [5.74, 6) is -0.465. The van der Waals surface area contributed by atoms with E-state index in [1.54, 1.807) is 30.3 Å². The number of carbonyl (C=O) groups excluding carboxylic acids is 1. The van der Waals surface area contributed by atoms with Gasteiger partial charge in [0.2, 0.25) is 11.9 Å². The van der Waals surface area contributed by atoms with Gasteiger partial charge in [0.05, 0.1) is 17.8 Å². The van der Waals surface area contributed by atoms with E-state index in [0.29, 0.717) is 28.1 Å². The monoisotopic (exact) mass is 584 g/mol. The summed E-state index contributed by atoms with van der Waals surface area (Å²) in [6.45, 7) is 5.77. The van der Waals surface area contributed by atoms with Gasteiger partial charge in [-0.15, -0.1) is 13.2 Å². The minimum Gasteiger partial charge on any atom is -0.604 e. The molecule has 0 saturated carbocycles. The average Bonchev–Trinajstić information content (AvgIpc) is 2.91. The molecule has 0 saturated heterocycles. The van der Waals surface area contributed by atoms with Crippen molar-refractivity contribution in [2.75, 3.05) is 16.4 Å². The van der Waals surface area contributed by atoms with Crippen molar-refractivity contribution in [3.8, 4) is 11.4 Å². The first-order valence-electron chi connectivity index (χ1n) is 12.3. The molecule has 1 aromatic heterocycles. The van der Waals surface area contributed by atoms with Crippen LogP contribution in [0.1, 0.15) is 42.3 Å². The summed E-state index contributed by atoms with van der Waals surface area (Å²) in [5, 5.41) is 15.8. The van der Waals surface area contributed by atoms with Gasteiger partial charge in [0, 0.05) is 28.1 Å². The number of aromatic nitrogens is 3. The van der Waals surface area contributed by atoms with Crippen molar-refractivity contribution < 1.29 is 27.6 Å². The molecule has 0 aliphatic rings. The minimum absolute atomic E-state index is 0.0190. The van der Waals surface area contributed by atoms with Gasteiger partial charge in [-0.05, 0) is 53.4 Å². The van der Waals surface area contributed by atoms with Gasteiger partial charge in [0.1, 0.15) is 0 Å². The van der Waals surface area contributed by atoms with E-state index in [1.807, 2.05) is 12.1 Å². The maximum atomic E-state index is 13.0. The Morgan fingerprint density at radius 3 is 2.22 bits per heavy atom. The number of aliphatic hydroxyl groups is 1. The molecule has 1 heterocycles. The van der Waals surface area contributed by atoms with Crippen molar-refractivity contribution in [2.24, 2.45) is 0 Å². The molecule has 0 aliphatic heterocycles. The predicted octanol–water partition coefficient (Wildman–Crippen LogP) is 5.53. The van der Waals surface area contributed by atoms with Gasteiger partial charge in [-0.1, -0.05) is 45.0 Å². The zero-order valence-corrected chi connectivity index (χ0v) is 23.1. The first-order chi connectivity index (χ1) is 19.3. The Morgan fingerprint density at radius 2 is 1.63 bits per heavy atom. The SMILES string of the molecule is CC(C)(C)c1ccc(C(=O)Nc2cccc(-c3nc(N)nc(Nc4ccc([S+]([O-])C(F)(F)F)cc4)n3)c2CO)cc1. The van der Waals surface area contributed by atoms with E-state index in [4.69, 9.17) is 5.73 Å². The maximum Gasteiger partial charge on any atom is 0.578 e. The van der Waals surface area contributed by atoms with Crippen LogP contribution in [0.2, 0.25) is 0 Å². The van der Waals surface area contributed by atoms with Crippen LogP contribution in [-0.4, -0.2) is 36.0 Å². The smallest absolute Gasteiger partial charge is 0.578 e. The summed E-state index contributed by atoms with van der Waals surface area (Å²) in [6.07, 6.45) is 0. The second kappa shape index (κ2) is 11.7. The Labute approximate surface area is 237 Å². The third-order valence-corrected chi connectivity index (χ3v) is 7.14. The lowest BCUT2D eigenvalue weighted by molar-refractivity contribution is -0.0435. The van der Waals surface area contributed by atoms with Gasteiger partial charge in [-0.2, -0.15) is 15.0 Å². The van der Waals surface area contributed by atoms with Crippen molar-refractivity contribution in [3.05, 3.63) is 83.4 Å². The van der Waals surface area contributed by atoms with E-state index in [9.17, 15) is 27.6 Å². The van der Waals surface area contributed by atoms with E-state index in [1.165, 1.54) is 12.1 Å². The van der Waals surface area contributed by atoms with Crippen molar-refractivity contribution in [1.29, 1.82) is 0 Å². The quantitative estimate of drug-likeness (QED) is 0.207. The molecule has 214 valence electrons. The number of aliphatic hydroxyl groups excluding tert-OH is 1. The zero-order valence-electron chi connectivity index (χ0n) is 22.3. The van der Waals surface area contributed by atoms with Gasteiger partial charge in [0.25, 0.3) is 5.91 Å². The number of rotatable bonds is 7. The molecule has 1 unspecified atom stereocenters. The van der Waals surface area contributed by atoms with Crippen LogP contribution in [0.3, 0.4) is 0 Å². The summed E-state index contributed by atoms with van der Waals surface area (Å²) < 4.78 is 49.7. The zero-order chi connectivity index (χ0) is 29.9. The number of halogens is 3. The summed E-state index contributed by atoms with van der Waals surface area (Å²) in [4.78, 5) is 25.1. The number of benzene rings is 3. The van der Waals surface area contributed by atoms with Crippen molar-refractivity contribution in [3.63, 3.8) is 0 Å². The molecule has 0 bridgehead atoms. The van der Waals surface area contributed by atoms with E-state index in [2.05, 4.69) is 46.4 Å². The van der Waals surface area contributed by atoms with Crippen LogP contribution in [0.5, 0.6) is 0 Å². The molecule has 1 amide bonds. The Morgan fingerprint density at radius 1 is 0.976 bits per heavy atom. The fourth-order valence-corrected chi connectivity index (χ4v) is 4.54. The van der Waals surface area contributed by atoms with Gasteiger partial charge in [-0.25, -0.2) is 0 Å². The molecule has 4 rings (SSSR count). The van der Waals surface area contributed by atoms with E-state index < -0.39 is 28.2 Å². The first-order valence-corrected chi connectivity index (χ1v) is 13.4. The average molecular weight is 585 g/mol. The normalized spacial score (nSPS) is 12.6. The summed E-state index contributed by atoms with van der Waals surface area (Å²) >= 11 is -3.16. The predicted molar refractivity (Wildman–Crippen MR) is 151 cm³/mol. The number of nitrogens with one attached hydrogen (secondary N) is 2. The third kappa shape index (κ3) is 7.12. The van der Waals surface area contributed by atoms with Crippen molar-refractivity contribution in [2.45, 2.75) is 43.2 Å². The molecule has 4 aromatic rings. The van der Waals surface area contributed by atoms with Crippen LogP contribution in [0.4, 0.5) is 36.4 Å². The number of nitrogens with two attached hydrogens (primary N) is 1. The molecular weight excluding hydrogens is 557 g/mol. The van der Waals surface area contributed by atoms with Crippen LogP contribution < -0.4 is 16.4 Å². The Hall–Kier alpha value is -4.20. The maximum absolute atomic E-state index is 13.0. The molecule has 9 nitrogen and oxygen atoms in total. The highest BCUT2D eigenvalue weighted by atomic mass is 32.2. The second-order valence-electron chi connectivity index (χ2n) is 9.98. The highest BCUT2D eigenvalue weighted by Gasteiger charge is 2.46. The Kier molecular flexibility index (Phi) is 8.52. The first kappa shape index (κ1) is 29.8. The summed E-state index contributed by atoms with van der Waals surface area (Å²) in [5.41, 5.74) is 3.84. The number of hydrogen-bond donors (Lipinski definition) is 4. The Balaban J connectivity index is 1.58. The second-order valence-corrected chi connectivity index (χ2v) is 11.4. The third-order valence-electron chi connectivity index (χ3n) is 6.02. The van der Waals surface area contributed by atoms with Gasteiger partial charge >= 0.3 is 5.51 Å². The van der Waals surface area contributed by atoms with Gasteiger partial charge in [-0.3, -0.25) is 4.79 Å². The molecule has 0 radical (unpaired) electrons. The number of nitrogens with zero attached hydrogens (tertiary/aromatic N) is 3. The lowest BCUT2D eigenvalue weighted by Gasteiger charge is -2.19. The largest absolute Gasteiger partial charge is 0.604 e. The Bertz CT molecular complexity index is 1540. The number of amides is 1. The molecule has 0 spiro atoms. The molecule has 1 atom stereocenters. The highest BCUT2D eigenvalue weighted by molar-refractivity contribution is 7.92. The van der Waals surface area contributed by atoms with Crippen molar-refractivity contribution in [1.82, 2.24) is 15.0 Å². The van der Waals surface area contributed by atoms with E-state index in [-0.39, 0.29) is 29.0 Å². The minimum atomic E-state index is -4.87. The van der Waals surface area contributed by atoms with Crippen LogP contribution in [0.25, 0.3) is 11.4 Å². The molecule has 41 heavy (non-hydrogen) atoms. The lowest BCUT2D eigenvalue weighted by Crippen LogP contribution is -2.23. The van der Waals surface area contributed by atoms with E-state index in [0.717, 1.165) is 17.7 Å². The molecule has 0 aliphatic carbocycles. The lowest BCUT2D eigenvalue weighted by atomic mass is 9.86. The van der Waals surface area contributed by atoms with Crippen LogP contribution in [-0.2, 0) is 23.2 Å². The number of nitrogen functional groups attached to an aromatic ring is 1. The van der Waals surface area contributed by atoms with Crippen LogP contribution >= 0.6 is 0 Å². The number of anilines is 4. The molecule has 0 fully saturated rings. The fraction of sp³-hybridized carbons (Fsp3) is 0.214. The molecule has 5 N–H and O–H groups in total. The number of hydrogen-bond acceptors (Lipinski definition) is 8. The van der Waals surface area contributed by atoms with Gasteiger partial charge in [0.15, 0.2) is 10.7 Å². The molecular formula is C28H27F3N6O3S. The summed E-state index contributed by atoms with van der Waals surface area (Å²) in [6, 6.07) is 16.9. The van der Waals surface area contributed by atoms with Crippen molar-refractivity contribution >= 4 is 40.4 Å². The molecule has 3 aromatic carbocycles.